The van der Waals surface area contributed by atoms with E-state index < -0.39 is 10.0 Å². The van der Waals surface area contributed by atoms with Crippen molar-refractivity contribution in [3.63, 3.8) is 0 Å². The lowest BCUT2D eigenvalue weighted by molar-refractivity contribution is 0.371. The van der Waals surface area contributed by atoms with Crippen LogP contribution in [-0.4, -0.2) is 36.2 Å². The molecular weight excluding hydrogens is 374 g/mol. The Morgan fingerprint density at radius 2 is 1.96 bits per heavy atom. The van der Waals surface area contributed by atoms with Gasteiger partial charge in [-0.05, 0) is 47.4 Å². The molecule has 0 spiro atoms. The number of fused-ring (bicyclic) bond motifs is 1. The molecule has 28 heavy (non-hydrogen) atoms. The quantitative estimate of drug-likeness (QED) is 0.679. The third kappa shape index (κ3) is 3.21. The molecule has 6 nitrogen and oxygen atoms in total. The average Bonchev–Trinajstić information content (AvgIpc) is 3.13. The van der Waals surface area contributed by atoms with Gasteiger partial charge < -0.3 is 4.74 Å². The number of aryl methyl sites for hydroxylation is 2. The maximum Gasteiger partial charge on any atom is 0.243 e. The number of methoxy groups -OCH3 is 1. The van der Waals surface area contributed by atoms with Gasteiger partial charge in [0.05, 0.1) is 18.2 Å². The van der Waals surface area contributed by atoms with Crippen LogP contribution in [0.5, 0.6) is 5.75 Å². The molecular formula is C21H23N3O3S. The van der Waals surface area contributed by atoms with E-state index in [1.807, 2.05) is 44.6 Å². The van der Waals surface area contributed by atoms with Crippen LogP contribution in [-0.2, 0) is 23.6 Å². The van der Waals surface area contributed by atoms with E-state index in [9.17, 15) is 8.42 Å². The van der Waals surface area contributed by atoms with Gasteiger partial charge in [-0.1, -0.05) is 24.3 Å². The largest absolute Gasteiger partial charge is 0.496 e. The predicted molar refractivity (Wildman–Crippen MR) is 107 cm³/mol. The molecule has 0 fully saturated rings. The van der Waals surface area contributed by atoms with E-state index in [4.69, 9.17) is 4.74 Å². The first-order chi connectivity index (χ1) is 13.4. The molecule has 0 bridgehead atoms. The first-order valence-electron chi connectivity index (χ1n) is 9.11. The van der Waals surface area contributed by atoms with Gasteiger partial charge in [-0.25, -0.2) is 8.42 Å². The van der Waals surface area contributed by atoms with Crippen molar-refractivity contribution in [2.45, 2.75) is 24.3 Å². The Bertz CT molecular complexity index is 1120. The summed E-state index contributed by atoms with van der Waals surface area (Å²) in [4.78, 5) is 0.287. The summed E-state index contributed by atoms with van der Waals surface area (Å²) in [5.74, 6) is 0.629. The average molecular weight is 398 g/mol. The van der Waals surface area contributed by atoms with E-state index in [-0.39, 0.29) is 10.8 Å². The van der Waals surface area contributed by atoms with E-state index >= 15 is 0 Å². The highest BCUT2D eigenvalue weighted by Crippen LogP contribution is 2.36. The fraction of sp³-hybridized carbons (Fsp3) is 0.286. The molecule has 1 aliphatic heterocycles. The van der Waals surface area contributed by atoms with Crippen LogP contribution in [0.4, 0.5) is 0 Å². The molecule has 0 saturated heterocycles. The number of rotatable bonds is 4. The van der Waals surface area contributed by atoms with Crippen molar-refractivity contribution in [1.82, 2.24) is 14.1 Å². The number of benzene rings is 2. The van der Waals surface area contributed by atoms with Crippen molar-refractivity contribution in [1.29, 1.82) is 0 Å². The van der Waals surface area contributed by atoms with Crippen LogP contribution in [0, 0.1) is 6.92 Å². The highest BCUT2D eigenvalue weighted by Gasteiger charge is 2.34. The summed E-state index contributed by atoms with van der Waals surface area (Å²) in [7, 11) is -0.188. The third-order valence-electron chi connectivity index (χ3n) is 5.29. The van der Waals surface area contributed by atoms with Crippen molar-refractivity contribution >= 4 is 10.0 Å². The molecule has 0 amide bonds. The lowest BCUT2D eigenvalue weighted by atomic mass is 9.87. The molecule has 2 aromatic carbocycles. The summed E-state index contributed by atoms with van der Waals surface area (Å²) in [5.41, 5.74) is 4.00. The minimum absolute atomic E-state index is 0.0484. The van der Waals surface area contributed by atoms with Gasteiger partial charge in [0.15, 0.2) is 0 Å². The van der Waals surface area contributed by atoms with Crippen LogP contribution in [0.1, 0.15) is 28.2 Å². The first kappa shape index (κ1) is 18.7. The number of nitrogens with zero attached hydrogens (tertiary/aromatic N) is 3. The van der Waals surface area contributed by atoms with Gasteiger partial charge in [0.2, 0.25) is 10.0 Å². The zero-order valence-corrected chi connectivity index (χ0v) is 17.0. The molecule has 1 unspecified atom stereocenters. The number of aromatic nitrogens is 2. The topological polar surface area (TPSA) is 64.4 Å². The van der Waals surface area contributed by atoms with E-state index in [0.717, 1.165) is 22.3 Å². The zero-order chi connectivity index (χ0) is 19.9. The predicted octanol–water partition coefficient (Wildman–Crippen LogP) is 3.07. The molecule has 0 N–H and O–H groups in total. The number of hydrogen-bond acceptors (Lipinski definition) is 4. The molecule has 2 heterocycles. The Labute approximate surface area is 165 Å². The number of ether oxygens (including phenoxy) is 1. The SMILES string of the molecule is COc1ccc(S(=O)(=O)N2Cc3ccccc3C(c3cnn(C)c3)C2)cc1C. The normalized spacial score (nSPS) is 17.3. The van der Waals surface area contributed by atoms with E-state index in [0.29, 0.717) is 18.8 Å². The van der Waals surface area contributed by atoms with E-state index in [1.54, 1.807) is 34.3 Å². The van der Waals surface area contributed by atoms with E-state index in [2.05, 4.69) is 11.2 Å². The molecule has 1 atom stereocenters. The standard InChI is InChI=1S/C21H23N3O3S/c1-15-10-18(8-9-21(15)27-3)28(25,26)24-13-16-6-4-5-7-19(16)20(14-24)17-11-22-23(2)12-17/h4-12,20H,13-14H2,1-3H3. The molecule has 0 aliphatic carbocycles. The molecule has 1 aliphatic rings. The molecule has 146 valence electrons. The van der Waals surface area contributed by atoms with Crippen molar-refractivity contribution in [3.8, 4) is 5.75 Å². The van der Waals surface area contributed by atoms with E-state index in [1.165, 1.54) is 0 Å². The van der Waals surface area contributed by atoms with Crippen LogP contribution in [0.25, 0.3) is 0 Å². The highest BCUT2D eigenvalue weighted by molar-refractivity contribution is 7.89. The Hall–Kier alpha value is -2.64. The third-order valence-corrected chi connectivity index (χ3v) is 7.10. The van der Waals surface area contributed by atoms with Crippen LogP contribution in [0.3, 0.4) is 0 Å². The minimum Gasteiger partial charge on any atom is -0.496 e. The molecule has 7 heteroatoms. The summed E-state index contributed by atoms with van der Waals surface area (Å²) in [5, 5.41) is 4.28. The Morgan fingerprint density at radius 3 is 2.64 bits per heavy atom. The lowest BCUT2D eigenvalue weighted by Gasteiger charge is -2.33. The molecule has 4 rings (SSSR count). The smallest absolute Gasteiger partial charge is 0.243 e. The monoisotopic (exact) mass is 397 g/mol. The maximum absolute atomic E-state index is 13.4. The highest BCUT2D eigenvalue weighted by atomic mass is 32.2. The molecule has 0 radical (unpaired) electrons. The Kier molecular flexibility index (Phi) is 4.72. The van der Waals surface area contributed by atoms with Crippen molar-refractivity contribution in [2.75, 3.05) is 13.7 Å². The van der Waals surface area contributed by atoms with Gasteiger partial charge in [-0.2, -0.15) is 9.40 Å². The van der Waals surface area contributed by atoms with Gasteiger partial charge in [-0.15, -0.1) is 0 Å². The lowest BCUT2D eigenvalue weighted by Crippen LogP contribution is -2.38. The van der Waals surface area contributed by atoms with Gasteiger partial charge >= 0.3 is 0 Å². The zero-order valence-electron chi connectivity index (χ0n) is 16.2. The van der Waals surface area contributed by atoms with Crippen molar-refractivity contribution in [2.24, 2.45) is 7.05 Å². The van der Waals surface area contributed by atoms with Crippen LogP contribution in [0.2, 0.25) is 0 Å². The van der Waals surface area contributed by atoms with Crippen LogP contribution < -0.4 is 4.74 Å². The summed E-state index contributed by atoms with van der Waals surface area (Å²) < 4.78 is 35.4. The second kappa shape index (κ2) is 7.07. The molecule has 0 saturated carbocycles. The molecule has 3 aromatic rings. The fourth-order valence-corrected chi connectivity index (χ4v) is 5.34. The van der Waals surface area contributed by atoms with Crippen molar-refractivity contribution in [3.05, 3.63) is 77.1 Å². The molecule has 1 aromatic heterocycles. The maximum atomic E-state index is 13.4. The summed E-state index contributed by atoms with van der Waals surface area (Å²) in [6, 6.07) is 13.0. The number of hydrogen-bond donors (Lipinski definition) is 0. The van der Waals surface area contributed by atoms with Gasteiger partial charge in [-0.3, -0.25) is 4.68 Å². The Morgan fingerprint density at radius 1 is 1.18 bits per heavy atom. The second-order valence-corrected chi connectivity index (χ2v) is 9.07. The minimum atomic E-state index is -3.64. The van der Waals surface area contributed by atoms with Crippen molar-refractivity contribution < 1.29 is 13.2 Å². The summed E-state index contributed by atoms with van der Waals surface area (Å²) >= 11 is 0. The second-order valence-electron chi connectivity index (χ2n) is 7.13. The van der Waals surface area contributed by atoms with Gasteiger partial charge in [0, 0.05) is 32.3 Å². The first-order valence-corrected chi connectivity index (χ1v) is 10.6. The summed E-state index contributed by atoms with van der Waals surface area (Å²) in [6.07, 6.45) is 3.77. The Balaban J connectivity index is 1.75. The van der Waals surface area contributed by atoms with Crippen LogP contribution >= 0.6 is 0 Å². The fourth-order valence-electron chi connectivity index (χ4n) is 3.82. The van der Waals surface area contributed by atoms with Gasteiger partial charge in [0.1, 0.15) is 5.75 Å². The summed E-state index contributed by atoms with van der Waals surface area (Å²) in [6.45, 7) is 2.60. The number of sulfonamides is 1. The van der Waals surface area contributed by atoms with Crippen LogP contribution in [0.15, 0.2) is 59.8 Å². The van der Waals surface area contributed by atoms with Gasteiger partial charge in [0.25, 0.3) is 0 Å².